The molecule has 3 fully saturated rings. The van der Waals surface area contributed by atoms with Crippen molar-refractivity contribution in [2.75, 3.05) is 5.88 Å². The Hall–Kier alpha value is -1.24. The van der Waals surface area contributed by atoms with Crippen molar-refractivity contribution in [3.05, 3.63) is 23.8 Å². The van der Waals surface area contributed by atoms with Crippen molar-refractivity contribution in [1.29, 1.82) is 0 Å². The first-order valence-electron chi connectivity index (χ1n) is 11.7. The number of esters is 1. The lowest BCUT2D eigenvalue weighted by Crippen LogP contribution is -2.70. The monoisotopic (exact) mass is 468 g/mol. The summed E-state index contributed by atoms with van der Waals surface area (Å²) in [6.45, 7) is 7.20. The summed E-state index contributed by atoms with van der Waals surface area (Å²) < 4.78 is 23.1. The summed E-state index contributed by atoms with van der Waals surface area (Å²) in [4.78, 5) is 25.8. The minimum atomic E-state index is -1.95. The Bertz CT molecular complexity index is 888. The van der Waals surface area contributed by atoms with Crippen LogP contribution in [0.25, 0.3) is 0 Å². The molecule has 0 heterocycles. The number of aliphatic hydroxyl groups excluding tert-OH is 2. The van der Waals surface area contributed by atoms with Crippen LogP contribution in [0.15, 0.2) is 23.8 Å². The molecule has 0 amide bonds. The van der Waals surface area contributed by atoms with E-state index >= 15 is 4.39 Å². The predicted octanol–water partition coefficient (Wildman–Crippen LogP) is 3.89. The molecule has 4 rings (SSSR count). The van der Waals surface area contributed by atoms with Crippen LogP contribution < -0.4 is 0 Å². The number of rotatable bonds is 4. The molecular weight excluding hydrogens is 435 g/mol. The summed E-state index contributed by atoms with van der Waals surface area (Å²) >= 11 is 6.02. The fourth-order valence-corrected chi connectivity index (χ4v) is 8.07. The van der Waals surface area contributed by atoms with Gasteiger partial charge in [-0.15, -0.1) is 11.6 Å². The van der Waals surface area contributed by atoms with Gasteiger partial charge in [0, 0.05) is 29.1 Å². The molecule has 0 aliphatic heterocycles. The highest BCUT2D eigenvalue weighted by molar-refractivity contribution is 6.29. The molecule has 0 spiro atoms. The molecule has 0 radical (unpaired) electrons. The van der Waals surface area contributed by atoms with Crippen molar-refractivity contribution < 1.29 is 28.9 Å². The van der Waals surface area contributed by atoms with Gasteiger partial charge in [0.05, 0.1) is 18.1 Å². The standard InChI is InChI=1S/C25H34ClFO5/c1-5-21(31)32-25(20(30)13-26)14(2)10-18-17-7-6-15-11-16(28)8-9-22(15,3)24(17,27)19(29)12-23(18,25)4/h8-9,11,14,16-19,28-29H,5-7,10,12-13H2,1-4H3/t14-,16?,17-,18-,19-,22-,23-,24-,25-/m0/s1. The molecule has 5 nitrogen and oxygen atoms in total. The predicted molar refractivity (Wildman–Crippen MR) is 119 cm³/mol. The molecule has 0 aromatic rings. The third-order valence-corrected chi connectivity index (χ3v) is 9.62. The lowest BCUT2D eigenvalue weighted by Gasteiger charge is -2.63. The number of hydrogen-bond donors (Lipinski definition) is 2. The zero-order valence-corrected chi connectivity index (χ0v) is 20.0. The van der Waals surface area contributed by atoms with Crippen LogP contribution in [0.4, 0.5) is 4.39 Å². The highest BCUT2D eigenvalue weighted by atomic mass is 35.5. The fourth-order valence-electron chi connectivity index (χ4n) is 7.87. The van der Waals surface area contributed by atoms with Crippen molar-refractivity contribution in [2.24, 2.45) is 28.6 Å². The first-order valence-corrected chi connectivity index (χ1v) is 12.2. The summed E-state index contributed by atoms with van der Waals surface area (Å²) in [5.74, 6) is -2.31. The van der Waals surface area contributed by atoms with Gasteiger partial charge in [0.2, 0.25) is 0 Å². The number of carbonyl (C=O) groups is 2. The van der Waals surface area contributed by atoms with Gasteiger partial charge in [-0.1, -0.05) is 44.6 Å². The molecule has 2 N–H and O–H groups in total. The third-order valence-electron chi connectivity index (χ3n) is 9.38. The van der Waals surface area contributed by atoms with Crippen LogP contribution in [0.5, 0.6) is 0 Å². The highest BCUT2D eigenvalue weighted by Crippen LogP contribution is 2.71. The lowest BCUT2D eigenvalue weighted by atomic mass is 9.44. The van der Waals surface area contributed by atoms with Gasteiger partial charge in [-0.05, 0) is 38.5 Å². The average molecular weight is 469 g/mol. The number of ketones is 1. The number of fused-ring (bicyclic) bond motifs is 5. The molecule has 4 aliphatic rings. The molecule has 1 unspecified atom stereocenters. The van der Waals surface area contributed by atoms with E-state index in [1.807, 2.05) is 13.8 Å². The smallest absolute Gasteiger partial charge is 0.306 e. The van der Waals surface area contributed by atoms with E-state index in [2.05, 4.69) is 0 Å². The Morgan fingerprint density at radius 2 is 1.97 bits per heavy atom. The normalized spacial score (nSPS) is 49.5. The van der Waals surface area contributed by atoms with Crippen molar-refractivity contribution in [2.45, 2.75) is 83.3 Å². The van der Waals surface area contributed by atoms with E-state index < -0.39 is 46.2 Å². The molecule has 0 aromatic carbocycles. The topological polar surface area (TPSA) is 83.8 Å². The van der Waals surface area contributed by atoms with Gasteiger partial charge in [-0.25, -0.2) is 4.39 Å². The van der Waals surface area contributed by atoms with Crippen LogP contribution in [0.1, 0.15) is 59.8 Å². The number of alkyl halides is 2. The summed E-state index contributed by atoms with van der Waals surface area (Å²) in [6, 6.07) is 0. The van der Waals surface area contributed by atoms with Gasteiger partial charge < -0.3 is 14.9 Å². The first kappa shape index (κ1) is 23.9. The molecule has 32 heavy (non-hydrogen) atoms. The number of carbonyl (C=O) groups excluding carboxylic acids is 2. The maximum absolute atomic E-state index is 17.2. The Morgan fingerprint density at radius 1 is 1.28 bits per heavy atom. The number of halogens is 2. The van der Waals surface area contributed by atoms with Crippen LogP contribution in [0, 0.1) is 28.6 Å². The highest BCUT2D eigenvalue weighted by Gasteiger charge is 2.77. The quantitative estimate of drug-likeness (QED) is 0.371. The summed E-state index contributed by atoms with van der Waals surface area (Å²) in [6.07, 6.45) is 4.58. The molecule has 0 saturated heterocycles. The zero-order valence-electron chi connectivity index (χ0n) is 19.2. The second-order valence-electron chi connectivity index (χ2n) is 10.7. The maximum Gasteiger partial charge on any atom is 0.306 e. The largest absolute Gasteiger partial charge is 0.450 e. The fraction of sp³-hybridized carbons (Fsp3) is 0.760. The van der Waals surface area contributed by atoms with Crippen LogP contribution in [0.2, 0.25) is 0 Å². The van der Waals surface area contributed by atoms with Crippen molar-refractivity contribution in [3.8, 4) is 0 Å². The van der Waals surface area contributed by atoms with Gasteiger partial charge in [0.1, 0.15) is 0 Å². The molecule has 4 aliphatic carbocycles. The number of aliphatic hydroxyl groups is 2. The van der Waals surface area contributed by atoms with E-state index in [1.165, 1.54) is 0 Å². The van der Waals surface area contributed by atoms with Crippen LogP contribution in [0.3, 0.4) is 0 Å². The molecular formula is C25H34ClFO5. The van der Waals surface area contributed by atoms with E-state index in [1.54, 1.807) is 32.1 Å². The van der Waals surface area contributed by atoms with E-state index in [9.17, 15) is 19.8 Å². The van der Waals surface area contributed by atoms with E-state index in [0.29, 0.717) is 19.3 Å². The Balaban J connectivity index is 1.84. The summed E-state index contributed by atoms with van der Waals surface area (Å²) in [5.41, 5.74) is -4.60. The molecule has 7 heteroatoms. The van der Waals surface area contributed by atoms with Crippen LogP contribution in [-0.2, 0) is 14.3 Å². The SMILES string of the molecule is CCC(=O)O[C@]1(C(=O)CCl)[C@@H](C)C[C@H]2[C@@H]3CCC4=CC(O)C=C[C@]4(C)[C@@]3(F)[C@@H](O)C[C@@]21C. The zero-order chi connectivity index (χ0) is 23.7. The van der Waals surface area contributed by atoms with Gasteiger partial charge in [0.15, 0.2) is 17.1 Å². The Labute approximate surface area is 194 Å². The minimum Gasteiger partial charge on any atom is -0.450 e. The van der Waals surface area contributed by atoms with Crippen LogP contribution >= 0.6 is 11.6 Å². The number of ether oxygens (including phenoxy) is 1. The number of hydrogen-bond acceptors (Lipinski definition) is 5. The van der Waals surface area contributed by atoms with Gasteiger partial charge in [-0.3, -0.25) is 9.59 Å². The maximum atomic E-state index is 17.2. The van der Waals surface area contributed by atoms with Gasteiger partial charge >= 0.3 is 5.97 Å². The van der Waals surface area contributed by atoms with Crippen molar-refractivity contribution in [1.82, 2.24) is 0 Å². The molecule has 0 bridgehead atoms. The molecule has 9 atom stereocenters. The summed E-state index contributed by atoms with van der Waals surface area (Å²) in [7, 11) is 0. The first-order chi connectivity index (χ1) is 14.9. The number of Topliss-reactive ketones (excluding diaryl/α,β-unsaturated/α-hetero) is 1. The Kier molecular flexibility index (Phi) is 5.71. The van der Waals surface area contributed by atoms with Gasteiger partial charge in [0.25, 0.3) is 0 Å². The van der Waals surface area contributed by atoms with E-state index in [4.69, 9.17) is 16.3 Å². The number of allylic oxidation sites excluding steroid dienone is 2. The summed E-state index contributed by atoms with van der Waals surface area (Å²) in [5, 5.41) is 21.5. The third kappa shape index (κ3) is 2.75. The second kappa shape index (κ2) is 7.64. The minimum absolute atomic E-state index is 0.00606. The van der Waals surface area contributed by atoms with Crippen molar-refractivity contribution >= 4 is 23.4 Å². The molecule has 178 valence electrons. The van der Waals surface area contributed by atoms with Crippen molar-refractivity contribution in [3.63, 3.8) is 0 Å². The lowest BCUT2D eigenvalue weighted by molar-refractivity contribution is -0.227. The second-order valence-corrected chi connectivity index (χ2v) is 10.9. The van der Waals surface area contributed by atoms with Crippen LogP contribution in [-0.4, -0.2) is 51.3 Å². The van der Waals surface area contributed by atoms with E-state index in [-0.39, 0.29) is 36.3 Å². The van der Waals surface area contributed by atoms with E-state index in [0.717, 1.165) is 5.57 Å². The molecule has 0 aromatic heterocycles. The van der Waals surface area contributed by atoms with Gasteiger partial charge in [-0.2, -0.15) is 0 Å². The Morgan fingerprint density at radius 3 is 2.59 bits per heavy atom. The molecule has 3 saturated carbocycles. The average Bonchev–Trinajstić information content (AvgIpc) is 2.96.